The molecule has 0 fully saturated rings. The molecule has 2 nitrogen and oxygen atoms in total. The molecule has 0 atom stereocenters. The van der Waals surface area contributed by atoms with Crippen LogP contribution < -0.4 is 5.73 Å². The van der Waals surface area contributed by atoms with Crippen molar-refractivity contribution in [3.8, 4) is 0 Å². The van der Waals surface area contributed by atoms with Gasteiger partial charge in [-0.2, -0.15) is 0 Å². The fourth-order valence-electron chi connectivity index (χ4n) is 0.354. The van der Waals surface area contributed by atoms with Crippen LogP contribution in [0.2, 0.25) is 0 Å². The van der Waals surface area contributed by atoms with Crippen molar-refractivity contribution in [2.24, 2.45) is 5.73 Å². The zero-order valence-electron chi connectivity index (χ0n) is 5.68. The van der Waals surface area contributed by atoms with Gasteiger partial charge in [0.05, 0.1) is 0 Å². The molecular weight excluding hydrogens is 102 g/mol. The zero-order valence-corrected chi connectivity index (χ0v) is 5.68. The van der Waals surface area contributed by atoms with Crippen LogP contribution in [-0.4, -0.2) is 6.41 Å². The van der Waals surface area contributed by atoms with Crippen LogP contribution in [0.1, 0.15) is 33.1 Å². The molecule has 0 unspecified atom stereocenters. The number of rotatable bonds is 2. The molecule has 1 amide bonds. The molecule has 0 rings (SSSR count). The largest absolute Gasteiger partial charge is 0.372 e. The maximum absolute atomic E-state index is 8.58. The van der Waals surface area contributed by atoms with Crippen LogP contribution in [0.15, 0.2) is 0 Å². The summed E-state index contributed by atoms with van der Waals surface area (Å²) in [5.41, 5.74) is 4.17. The third-order valence-electron chi connectivity index (χ3n) is 0.707. The Kier molecular flexibility index (Phi) is 21.0. The Bertz CT molecular complexity index is 35.5. The quantitative estimate of drug-likeness (QED) is 0.544. The van der Waals surface area contributed by atoms with Gasteiger partial charge >= 0.3 is 0 Å². The fraction of sp³-hybridized carbons (Fsp3) is 0.833. The van der Waals surface area contributed by atoms with E-state index in [-0.39, 0.29) is 6.41 Å². The van der Waals surface area contributed by atoms with Crippen LogP contribution in [0, 0.1) is 0 Å². The van der Waals surface area contributed by atoms with E-state index in [4.69, 9.17) is 4.79 Å². The molecule has 0 saturated carbocycles. The first-order chi connectivity index (χ1) is 3.83. The molecule has 0 aliphatic rings. The summed E-state index contributed by atoms with van der Waals surface area (Å²) in [5, 5.41) is 0. The maximum Gasteiger partial charge on any atom is 0.204 e. The van der Waals surface area contributed by atoms with Gasteiger partial charge in [-0.05, 0) is 0 Å². The number of hydrogen-bond acceptors (Lipinski definition) is 1. The standard InChI is InChI=1S/C5H12.CH3NO/c1-3-5-4-2;2-1-3/h3-5H2,1-2H3;1H,(H2,2,3). The minimum absolute atomic E-state index is 0.250. The molecule has 0 aromatic rings. The zero-order chi connectivity index (χ0) is 6.83. The normalized spacial score (nSPS) is 6.75. The topological polar surface area (TPSA) is 43.1 Å². The Morgan fingerprint density at radius 3 is 1.62 bits per heavy atom. The van der Waals surface area contributed by atoms with E-state index in [9.17, 15) is 0 Å². The molecule has 2 N–H and O–H groups in total. The number of carbonyl (C=O) groups excluding carboxylic acids is 1. The Morgan fingerprint density at radius 1 is 1.38 bits per heavy atom. The van der Waals surface area contributed by atoms with Gasteiger partial charge in [-0.25, -0.2) is 0 Å². The predicted molar refractivity (Wildman–Crippen MR) is 35.5 cm³/mol. The number of amides is 1. The third kappa shape index (κ3) is 50.6. The molecule has 0 aromatic heterocycles. The second-order valence-corrected chi connectivity index (χ2v) is 1.49. The van der Waals surface area contributed by atoms with Crippen molar-refractivity contribution in [3.05, 3.63) is 0 Å². The summed E-state index contributed by atoms with van der Waals surface area (Å²) in [6, 6.07) is 0. The van der Waals surface area contributed by atoms with E-state index in [1.54, 1.807) is 0 Å². The summed E-state index contributed by atoms with van der Waals surface area (Å²) >= 11 is 0. The maximum atomic E-state index is 8.58. The monoisotopic (exact) mass is 117 g/mol. The lowest BCUT2D eigenvalue weighted by molar-refractivity contribution is -0.106. The Labute approximate surface area is 51.1 Å². The molecule has 0 aliphatic carbocycles. The molecule has 0 aliphatic heterocycles. The van der Waals surface area contributed by atoms with E-state index >= 15 is 0 Å². The number of carbonyl (C=O) groups is 1. The molecule has 50 valence electrons. The Hall–Kier alpha value is -0.530. The van der Waals surface area contributed by atoms with Crippen LogP contribution >= 0.6 is 0 Å². The highest BCUT2D eigenvalue weighted by molar-refractivity contribution is 5.42. The van der Waals surface area contributed by atoms with Gasteiger partial charge in [-0.15, -0.1) is 0 Å². The molecule has 0 saturated heterocycles. The lowest BCUT2D eigenvalue weighted by atomic mass is 10.3. The Morgan fingerprint density at radius 2 is 1.62 bits per heavy atom. The summed E-state index contributed by atoms with van der Waals surface area (Å²) in [4.78, 5) is 8.58. The highest BCUT2D eigenvalue weighted by Gasteiger charge is 1.68. The first-order valence-corrected chi connectivity index (χ1v) is 2.98. The van der Waals surface area contributed by atoms with E-state index in [0.29, 0.717) is 0 Å². The first-order valence-electron chi connectivity index (χ1n) is 2.98. The lowest BCUT2D eigenvalue weighted by Crippen LogP contribution is -1.82. The van der Waals surface area contributed by atoms with Gasteiger partial charge in [0.2, 0.25) is 6.41 Å². The molecule has 0 spiro atoms. The van der Waals surface area contributed by atoms with E-state index in [1.807, 2.05) is 0 Å². The molecule has 0 aromatic carbocycles. The number of hydrogen-bond donors (Lipinski definition) is 1. The van der Waals surface area contributed by atoms with Crippen molar-refractivity contribution in [3.63, 3.8) is 0 Å². The average molecular weight is 117 g/mol. The van der Waals surface area contributed by atoms with Crippen LogP contribution in [0.25, 0.3) is 0 Å². The smallest absolute Gasteiger partial charge is 0.204 e. The molecule has 0 heterocycles. The average Bonchev–Trinajstić information content (AvgIpc) is 1.71. The van der Waals surface area contributed by atoms with Crippen LogP contribution in [-0.2, 0) is 4.79 Å². The lowest BCUT2D eigenvalue weighted by Gasteiger charge is -1.79. The van der Waals surface area contributed by atoms with Crippen LogP contribution in [0.5, 0.6) is 0 Å². The second-order valence-electron chi connectivity index (χ2n) is 1.49. The van der Waals surface area contributed by atoms with Crippen molar-refractivity contribution in [1.29, 1.82) is 0 Å². The summed E-state index contributed by atoms with van der Waals surface area (Å²) in [5.74, 6) is 0. The van der Waals surface area contributed by atoms with Gasteiger partial charge in [0.15, 0.2) is 0 Å². The summed E-state index contributed by atoms with van der Waals surface area (Å²) in [6.07, 6.45) is 4.33. The van der Waals surface area contributed by atoms with Crippen molar-refractivity contribution in [2.45, 2.75) is 33.1 Å². The predicted octanol–water partition coefficient (Wildman–Crippen LogP) is 1.30. The minimum atomic E-state index is 0.250. The summed E-state index contributed by atoms with van der Waals surface area (Å²) in [6.45, 7) is 4.42. The molecule has 0 radical (unpaired) electrons. The molecule has 2 heteroatoms. The van der Waals surface area contributed by atoms with Crippen molar-refractivity contribution in [2.75, 3.05) is 0 Å². The number of unbranched alkanes of at least 4 members (excludes halogenated alkanes) is 2. The van der Waals surface area contributed by atoms with E-state index in [0.717, 1.165) is 0 Å². The van der Waals surface area contributed by atoms with Gasteiger partial charge in [-0.3, -0.25) is 4.79 Å². The summed E-state index contributed by atoms with van der Waals surface area (Å²) < 4.78 is 0. The van der Waals surface area contributed by atoms with Gasteiger partial charge in [0.25, 0.3) is 0 Å². The Balaban J connectivity index is 0. The first kappa shape index (κ1) is 10.5. The highest BCUT2D eigenvalue weighted by atomic mass is 16.1. The minimum Gasteiger partial charge on any atom is -0.372 e. The van der Waals surface area contributed by atoms with E-state index in [1.165, 1.54) is 19.3 Å². The third-order valence-corrected chi connectivity index (χ3v) is 0.707. The number of nitrogens with two attached hydrogens (primary N) is 1. The van der Waals surface area contributed by atoms with Crippen LogP contribution in [0.3, 0.4) is 0 Å². The molecular formula is C6H15NO. The van der Waals surface area contributed by atoms with Crippen LogP contribution in [0.4, 0.5) is 0 Å². The SMILES string of the molecule is CCCCC.NC=O. The van der Waals surface area contributed by atoms with E-state index in [2.05, 4.69) is 19.6 Å². The summed E-state index contributed by atoms with van der Waals surface area (Å²) in [7, 11) is 0. The van der Waals surface area contributed by atoms with Crippen molar-refractivity contribution in [1.82, 2.24) is 0 Å². The number of primary amides is 1. The second kappa shape index (κ2) is 16.1. The van der Waals surface area contributed by atoms with Crippen molar-refractivity contribution >= 4 is 6.41 Å². The van der Waals surface area contributed by atoms with Gasteiger partial charge in [0, 0.05) is 0 Å². The van der Waals surface area contributed by atoms with Gasteiger partial charge in [0.1, 0.15) is 0 Å². The highest BCUT2D eigenvalue weighted by Crippen LogP contribution is 1.88. The fourth-order valence-corrected chi connectivity index (χ4v) is 0.354. The van der Waals surface area contributed by atoms with E-state index < -0.39 is 0 Å². The van der Waals surface area contributed by atoms with Crippen molar-refractivity contribution < 1.29 is 4.79 Å². The van der Waals surface area contributed by atoms with Gasteiger partial charge < -0.3 is 5.73 Å². The molecule has 8 heavy (non-hydrogen) atoms. The molecule has 0 bridgehead atoms. The van der Waals surface area contributed by atoms with Gasteiger partial charge in [-0.1, -0.05) is 33.1 Å².